The van der Waals surface area contributed by atoms with Crippen molar-refractivity contribution in [1.82, 2.24) is 10.2 Å². The fourth-order valence-electron chi connectivity index (χ4n) is 3.31. The van der Waals surface area contributed by atoms with Gasteiger partial charge in [-0.1, -0.05) is 60.7 Å². The lowest BCUT2D eigenvalue weighted by Gasteiger charge is -2.27. The molecule has 0 radical (unpaired) electrons. The minimum atomic E-state index is -0.954. The number of hydrogen-bond acceptors (Lipinski definition) is 4. The van der Waals surface area contributed by atoms with E-state index in [1.165, 1.54) is 4.90 Å². The second-order valence-electron chi connectivity index (χ2n) is 6.64. The van der Waals surface area contributed by atoms with Crippen LogP contribution in [0.1, 0.15) is 30.0 Å². The molecule has 0 bridgehead atoms. The minimum Gasteiger partial charge on any atom is -0.445 e. The zero-order chi connectivity index (χ0) is 19.9. The minimum absolute atomic E-state index is 0.0933. The van der Waals surface area contributed by atoms with Crippen LogP contribution in [0.4, 0.5) is 4.79 Å². The van der Waals surface area contributed by atoms with E-state index in [0.29, 0.717) is 24.9 Å². The zero-order valence-electron chi connectivity index (χ0n) is 15.4. The first-order chi connectivity index (χ1) is 13.6. The maximum Gasteiger partial charge on any atom is 0.408 e. The Hall–Kier alpha value is -3.35. The predicted molar refractivity (Wildman–Crippen MR) is 103 cm³/mol. The number of alkyl carbamates (subject to hydrolysis) is 1. The number of carbonyl (C=O) groups excluding carboxylic acids is 3. The van der Waals surface area contributed by atoms with Crippen molar-refractivity contribution in [2.45, 2.75) is 31.5 Å². The number of likely N-dealkylation sites (tertiary alicyclic amines) is 1. The molecule has 0 aliphatic carbocycles. The van der Waals surface area contributed by atoms with Gasteiger partial charge in [-0.3, -0.25) is 9.59 Å². The molecule has 7 nitrogen and oxygen atoms in total. The number of ether oxygens (including phenoxy) is 1. The normalized spacial score (nSPS) is 17.0. The van der Waals surface area contributed by atoms with Gasteiger partial charge in [0.05, 0.1) is 0 Å². The topological polar surface area (TPSA) is 102 Å². The molecule has 3 N–H and O–H groups in total. The quantitative estimate of drug-likeness (QED) is 0.800. The van der Waals surface area contributed by atoms with Gasteiger partial charge in [0.25, 0.3) is 5.91 Å². The SMILES string of the molecule is NC(=O)[C@@H]1CCCN1C(=O)[C@H](NC(=O)OCc1ccccc1)c1ccccc1. The Morgan fingerprint density at radius 2 is 1.71 bits per heavy atom. The highest BCUT2D eigenvalue weighted by Gasteiger charge is 2.37. The van der Waals surface area contributed by atoms with Crippen molar-refractivity contribution in [3.8, 4) is 0 Å². The third kappa shape index (κ3) is 4.68. The summed E-state index contributed by atoms with van der Waals surface area (Å²) in [5.74, 6) is -0.909. The van der Waals surface area contributed by atoms with Crippen LogP contribution in [0.15, 0.2) is 60.7 Å². The number of nitrogens with zero attached hydrogens (tertiary/aromatic N) is 1. The molecular weight excluding hydrogens is 358 g/mol. The molecule has 1 aliphatic rings. The van der Waals surface area contributed by atoms with Crippen molar-refractivity contribution in [3.05, 3.63) is 71.8 Å². The molecule has 1 fully saturated rings. The second kappa shape index (κ2) is 9.03. The first-order valence-electron chi connectivity index (χ1n) is 9.18. The van der Waals surface area contributed by atoms with E-state index in [2.05, 4.69) is 5.32 Å². The largest absolute Gasteiger partial charge is 0.445 e. The van der Waals surface area contributed by atoms with Crippen LogP contribution < -0.4 is 11.1 Å². The van der Waals surface area contributed by atoms with E-state index in [1.54, 1.807) is 24.3 Å². The number of rotatable bonds is 6. The number of amides is 3. The monoisotopic (exact) mass is 381 g/mol. The van der Waals surface area contributed by atoms with E-state index in [9.17, 15) is 14.4 Å². The van der Waals surface area contributed by atoms with E-state index in [4.69, 9.17) is 10.5 Å². The highest BCUT2D eigenvalue weighted by molar-refractivity contribution is 5.92. The molecule has 7 heteroatoms. The molecule has 146 valence electrons. The number of benzene rings is 2. The molecule has 0 saturated carbocycles. The third-order valence-electron chi connectivity index (χ3n) is 4.72. The van der Waals surface area contributed by atoms with Gasteiger partial charge in [0.15, 0.2) is 0 Å². The molecule has 3 amide bonds. The predicted octanol–water partition coefficient (Wildman–Crippen LogP) is 2.13. The lowest BCUT2D eigenvalue weighted by molar-refractivity contribution is -0.139. The number of hydrogen-bond donors (Lipinski definition) is 2. The van der Waals surface area contributed by atoms with Crippen LogP contribution >= 0.6 is 0 Å². The second-order valence-corrected chi connectivity index (χ2v) is 6.64. The summed E-state index contributed by atoms with van der Waals surface area (Å²) in [7, 11) is 0. The van der Waals surface area contributed by atoms with E-state index >= 15 is 0 Å². The summed E-state index contributed by atoms with van der Waals surface area (Å²) in [6, 6.07) is 16.5. The Kier molecular flexibility index (Phi) is 6.26. The van der Waals surface area contributed by atoms with E-state index in [1.807, 2.05) is 36.4 Å². The maximum atomic E-state index is 13.1. The van der Waals surface area contributed by atoms with Gasteiger partial charge < -0.3 is 20.7 Å². The Morgan fingerprint density at radius 1 is 1.07 bits per heavy atom. The lowest BCUT2D eigenvalue weighted by atomic mass is 10.1. The molecule has 1 aliphatic heterocycles. The molecular formula is C21H23N3O4. The maximum absolute atomic E-state index is 13.1. The van der Waals surface area contributed by atoms with Crippen molar-refractivity contribution in [1.29, 1.82) is 0 Å². The lowest BCUT2D eigenvalue weighted by Crippen LogP contribution is -2.49. The molecule has 1 heterocycles. The number of primary amides is 1. The van der Waals surface area contributed by atoms with Crippen molar-refractivity contribution in [3.63, 3.8) is 0 Å². The summed E-state index contributed by atoms with van der Waals surface area (Å²) in [5.41, 5.74) is 6.88. The van der Waals surface area contributed by atoms with E-state index < -0.39 is 24.1 Å². The summed E-state index contributed by atoms with van der Waals surface area (Å²) in [4.78, 5) is 38.6. The van der Waals surface area contributed by atoms with Gasteiger partial charge in [-0.05, 0) is 24.0 Å². The molecule has 2 atom stereocenters. The highest BCUT2D eigenvalue weighted by atomic mass is 16.5. The van der Waals surface area contributed by atoms with Gasteiger partial charge in [-0.15, -0.1) is 0 Å². The summed E-state index contributed by atoms with van der Waals surface area (Å²) < 4.78 is 5.25. The fraction of sp³-hybridized carbons (Fsp3) is 0.286. The van der Waals surface area contributed by atoms with E-state index in [0.717, 1.165) is 5.56 Å². The van der Waals surface area contributed by atoms with Crippen LogP contribution in [-0.4, -0.2) is 35.4 Å². The smallest absolute Gasteiger partial charge is 0.408 e. The summed E-state index contributed by atoms with van der Waals surface area (Å²) >= 11 is 0. The Balaban J connectivity index is 1.73. The van der Waals surface area contributed by atoms with E-state index in [-0.39, 0.29) is 12.5 Å². The van der Waals surface area contributed by atoms with Crippen molar-refractivity contribution >= 4 is 17.9 Å². The Labute approximate surface area is 163 Å². The van der Waals surface area contributed by atoms with Crippen LogP contribution in [0.2, 0.25) is 0 Å². The molecule has 1 saturated heterocycles. The van der Waals surface area contributed by atoms with Gasteiger partial charge in [0.2, 0.25) is 5.91 Å². The summed E-state index contributed by atoms with van der Waals surface area (Å²) in [5, 5.41) is 2.64. The summed E-state index contributed by atoms with van der Waals surface area (Å²) in [6.07, 6.45) is 0.515. The first-order valence-corrected chi connectivity index (χ1v) is 9.18. The zero-order valence-corrected chi connectivity index (χ0v) is 15.4. The molecule has 2 aromatic carbocycles. The number of nitrogens with two attached hydrogens (primary N) is 1. The van der Waals surface area contributed by atoms with Gasteiger partial charge in [0, 0.05) is 6.54 Å². The molecule has 0 spiro atoms. The van der Waals surface area contributed by atoms with Crippen LogP contribution in [0.5, 0.6) is 0 Å². The molecule has 0 aromatic heterocycles. The van der Waals surface area contributed by atoms with Crippen LogP contribution in [-0.2, 0) is 20.9 Å². The van der Waals surface area contributed by atoms with Gasteiger partial charge in [-0.2, -0.15) is 0 Å². The van der Waals surface area contributed by atoms with Gasteiger partial charge >= 0.3 is 6.09 Å². The fourth-order valence-corrected chi connectivity index (χ4v) is 3.31. The van der Waals surface area contributed by atoms with Crippen molar-refractivity contribution < 1.29 is 19.1 Å². The first kappa shape index (κ1) is 19.4. The van der Waals surface area contributed by atoms with Crippen molar-refractivity contribution in [2.24, 2.45) is 5.73 Å². The molecule has 2 aromatic rings. The van der Waals surface area contributed by atoms with Gasteiger partial charge in [-0.25, -0.2) is 4.79 Å². The molecule has 28 heavy (non-hydrogen) atoms. The van der Waals surface area contributed by atoms with Crippen LogP contribution in [0.25, 0.3) is 0 Å². The molecule has 3 rings (SSSR count). The third-order valence-corrected chi connectivity index (χ3v) is 4.72. The number of nitrogens with one attached hydrogen (secondary N) is 1. The van der Waals surface area contributed by atoms with Gasteiger partial charge in [0.1, 0.15) is 18.7 Å². The standard InChI is InChI=1S/C21H23N3O4/c22-19(25)17-12-7-13-24(17)20(26)18(16-10-5-2-6-11-16)23-21(27)28-14-15-8-3-1-4-9-15/h1-6,8-11,17-18H,7,12-14H2,(H2,22,25)(H,23,27)/t17-,18+/m0/s1. The summed E-state index contributed by atoms with van der Waals surface area (Å²) in [6.45, 7) is 0.520. The Morgan fingerprint density at radius 3 is 2.36 bits per heavy atom. The van der Waals surface area contributed by atoms with Crippen LogP contribution in [0, 0.1) is 0 Å². The average molecular weight is 381 g/mol. The Bertz CT molecular complexity index is 826. The molecule has 0 unspecified atom stereocenters. The highest BCUT2D eigenvalue weighted by Crippen LogP contribution is 2.23. The van der Waals surface area contributed by atoms with Crippen molar-refractivity contribution in [2.75, 3.05) is 6.54 Å². The van der Waals surface area contributed by atoms with Crippen LogP contribution in [0.3, 0.4) is 0 Å². The number of carbonyl (C=O) groups is 3. The average Bonchev–Trinajstić information content (AvgIpc) is 3.22.